The van der Waals surface area contributed by atoms with E-state index in [-0.39, 0.29) is 11.8 Å². The third-order valence-corrected chi connectivity index (χ3v) is 5.29. The highest BCUT2D eigenvalue weighted by Crippen LogP contribution is 2.33. The molecule has 2 atom stereocenters. The van der Waals surface area contributed by atoms with Gasteiger partial charge >= 0.3 is 0 Å². The number of hydrogen-bond donors (Lipinski definition) is 2. The molecule has 0 bridgehead atoms. The summed E-state index contributed by atoms with van der Waals surface area (Å²) in [4.78, 5) is 0. The van der Waals surface area contributed by atoms with E-state index in [1.807, 2.05) is 24.3 Å². The van der Waals surface area contributed by atoms with Crippen LogP contribution in [0.15, 0.2) is 24.3 Å². The highest BCUT2D eigenvalue weighted by atomic mass is 32.2. The maximum atomic E-state index is 12.1. The number of rotatable bonds is 9. The smallest absolute Gasteiger partial charge is 0.216 e. The minimum atomic E-state index is -3.21. The molecule has 1 fully saturated rings. The van der Waals surface area contributed by atoms with E-state index in [1.165, 1.54) is 5.56 Å². The summed E-state index contributed by atoms with van der Waals surface area (Å²) >= 11 is 0. The quantitative estimate of drug-likeness (QED) is 0.689. The first kappa shape index (κ1) is 16.5. The van der Waals surface area contributed by atoms with E-state index in [1.54, 1.807) is 0 Å². The molecule has 2 unspecified atom stereocenters. The lowest BCUT2D eigenvalue weighted by Crippen LogP contribution is -2.28. The molecule has 0 aromatic heterocycles. The van der Waals surface area contributed by atoms with Gasteiger partial charge in [0, 0.05) is 12.6 Å². The van der Waals surface area contributed by atoms with Gasteiger partial charge in [0.2, 0.25) is 10.0 Å². The van der Waals surface area contributed by atoms with Crippen molar-refractivity contribution < 1.29 is 8.42 Å². The molecule has 2 rings (SSSR count). The summed E-state index contributed by atoms with van der Waals surface area (Å²) in [6.45, 7) is 6.07. The van der Waals surface area contributed by atoms with Crippen molar-refractivity contribution in [1.82, 2.24) is 10.0 Å². The fourth-order valence-corrected chi connectivity index (χ4v) is 3.96. The number of hydrogen-bond acceptors (Lipinski definition) is 3. The average molecular weight is 310 g/mol. The Hall–Kier alpha value is -0.910. The predicted octanol–water partition coefficient (Wildman–Crippen LogP) is 2.40. The highest BCUT2D eigenvalue weighted by Gasteiger charge is 2.38. The van der Waals surface area contributed by atoms with Crippen LogP contribution in [0.3, 0.4) is 0 Å². The molecule has 1 saturated carbocycles. The van der Waals surface area contributed by atoms with E-state index < -0.39 is 10.0 Å². The summed E-state index contributed by atoms with van der Waals surface area (Å²) in [5, 5.41) is 3.33. The van der Waals surface area contributed by atoms with Gasteiger partial charge in [-0.3, -0.25) is 0 Å². The number of nitrogens with one attached hydrogen (secondary N) is 2. The second-order valence-electron chi connectivity index (χ2n) is 5.88. The highest BCUT2D eigenvalue weighted by molar-refractivity contribution is 7.88. The molecule has 5 heteroatoms. The third kappa shape index (κ3) is 5.41. The zero-order valence-electron chi connectivity index (χ0n) is 12.9. The van der Waals surface area contributed by atoms with Crippen molar-refractivity contribution in [1.29, 1.82) is 0 Å². The fraction of sp³-hybridized carbons (Fsp3) is 0.625. The third-order valence-electron chi connectivity index (χ3n) is 3.91. The molecule has 1 aromatic carbocycles. The molecule has 0 aliphatic heterocycles. The molecule has 0 radical (unpaired) electrons. The van der Waals surface area contributed by atoms with Crippen LogP contribution >= 0.6 is 0 Å². The van der Waals surface area contributed by atoms with Gasteiger partial charge in [-0.2, -0.15) is 0 Å². The Kier molecular flexibility index (Phi) is 5.79. The van der Waals surface area contributed by atoms with Crippen molar-refractivity contribution in [2.45, 2.75) is 51.4 Å². The standard InChI is InChI=1S/C16H26N2O2S/c1-3-9-17-11-13-5-7-14(8-6-13)12-21(19,20)18-16-10-15(16)4-2/h5-8,15-18H,3-4,9-12H2,1-2H3. The van der Waals surface area contributed by atoms with Crippen LogP contribution in [-0.4, -0.2) is 21.0 Å². The molecule has 1 aliphatic carbocycles. The summed E-state index contributed by atoms with van der Waals surface area (Å²) in [6, 6.07) is 7.98. The summed E-state index contributed by atoms with van der Waals surface area (Å²) in [6.07, 6.45) is 3.15. The molecule has 0 heterocycles. The van der Waals surface area contributed by atoms with E-state index in [0.29, 0.717) is 5.92 Å². The Morgan fingerprint density at radius 3 is 2.38 bits per heavy atom. The second kappa shape index (κ2) is 7.38. The minimum Gasteiger partial charge on any atom is -0.313 e. The Bertz CT molecular complexity index is 540. The van der Waals surface area contributed by atoms with Crippen LogP contribution in [0.5, 0.6) is 0 Å². The van der Waals surface area contributed by atoms with Crippen LogP contribution in [-0.2, 0) is 22.3 Å². The topological polar surface area (TPSA) is 58.2 Å². The van der Waals surface area contributed by atoms with Crippen molar-refractivity contribution in [3.05, 3.63) is 35.4 Å². The summed E-state index contributed by atoms with van der Waals surface area (Å²) in [5.41, 5.74) is 2.03. The van der Waals surface area contributed by atoms with Crippen LogP contribution in [0.4, 0.5) is 0 Å². The van der Waals surface area contributed by atoms with E-state index in [2.05, 4.69) is 23.9 Å². The van der Waals surface area contributed by atoms with Crippen LogP contribution in [0, 0.1) is 5.92 Å². The number of sulfonamides is 1. The monoisotopic (exact) mass is 310 g/mol. The van der Waals surface area contributed by atoms with Gasteiger partial charge in [-0.1, -0.05) is 44.5 Å². The van der Waals surface area contributed by atoms with E-state index in [9.17, 15) is 8.42 Å². The van der Waals surface area contributed by atoms with Gasteiger partial charge in [0.25, 0.3) is 0 Å². The van der Waals surface area contributed by atoms with Crippen LogP contribution < -0.4 is 10.0 Å². The van der Waals surface area contributed by atoms with Crippen molar-refractivity contribution in [3.63, 3.8) is 0 Å². The molecule has 21 heavy (non-hydrogen) atoms. The summed E-state index contributed by atoms with van der Waals surface area (Å²) in [7, 11) is -3.21. The zero-order chi connectivity index (χ0) is 15.3. The molecule has 118 valence electrons. The molecule has 1 aliphatic rings. The average Bonchev–Trinajstić information content (AvgIpc) is 3.18. The second-order valence-corrected chi connectivity index (χ2v) is 7.63. The van der Waals surface area contributed by atoms with Gasteiger partial charge in [-0.05, 0) is 36.4 Å². The van der Waals surface area contributed by atoms with Crippen LogP contribution in [0.1, 0.15) is 44.2 Å². The molecule has 0 saturated heterocycles. The molecule has 1 aromatic rings. The molecular weight excluding hydrogens is 284 g/mol. The molecule has 2 N–H and O–H groups in total. The van der Waals surface area contributed by atoms with Gasteiger partial charge in [0.1, 0.15) is 0 Å². The van der Waals surface area contributed by atoms with Crippen LogP contribution in [0.2, 0.25) is 0 Å². The summed E-state index contributed by atoms with van der Waals surface area (Å²) in [5.74, 6) is 0.606. The maximum Gasteiger partial charge on any atom is 0.216 e. The number of benzene rings is 1. The first-order valence-corrected chi connectivity index (χ1v) is 9.47. The zero-order valence-corrected chi connectivity index (χ0v) is 13.7. The Balaban J connectivity index is 1.84. The van der Waals surface area contributed by atoms with Crippen molar-refractivity contribution in [3.8, 4) is 0 Å². The van der Waals surface area contributed by atoms with Gasteiger partial charge < -0.3 is 5.32 Å². The van der Waals surface area contributed by atoms with E-state index >= 15 is 0 Å². The Labute approximate surface area is 128 Å². The van der Waals surface area contributed by atoms with Gasteiger partial charge in [-0.15, -0.1) is 0 Å². The predicted molar refractivity (Wildman–Crippen MR) is 86.4 cm³/mol. The Morgan fingerprint density at radius 2 is 1.81 bits per heavy atom. The lowest BCUT2D eigenvalue weighted by atomic mass is 10.1. The Morgan fingerprint density at radius 1 is 1.14 bits per heavy atom. The van der Waals surface area contributed by atoms with Gasteiger partial charge in [-0.25, -0.2) is 13.1 Å². The van der Waals surface area contributed by atoms with Crippen molar-refractivity contribution in [2.24, 2.45) is 5.92 Å². The lowest BCUT2D eigenvalue weighted by molar-refractivity contribution is 0.575. The molecule has 0 spiro atoms. The largest absolute Gasteiger partial charge is 0.313 e. The maximum absolute atomic E-state index is 12.1. The van der Waals surface area contributed by atoms with Gasteiger partial charge in [0.05, 0.1) is 5.75 Å². The van der Waals surface area contributed by atoms with Gasteiger partial charge in [0.15, 0.2) is 0 Å². The SMILES string of the molecule is CCCNCc1ccc(CS(=O)(=O)NC2CC2CC)cc1. The van der Waals surface area contributed by atoms with Crippen molar-refractivity contribution in [2.75, 3.05) is 6.54 Å². The molecule has 0 amide bonds. The lowest BCUT2D eigenvalue weighted by Gasteiger charge is -2.08. The molecule has 4 nitrogen and oxygen atoms in total. The summed E-state index contributed by atoms with van der Waals surface area (Å²) < 4.78 is 27.0. The van der Waals surface area contributed by atoms with Crippen molar-refractivity contribution >= 4 is 10.0 Å². The van der Waals surface area contributed by atoms with E-state index in [0.717, 1.165) is 37.9 Å². The minimum absolute atomic E-state index is 0.0720. The normalized spacial score (nSPS) is 21.4. The first-order chi connectivity index (χ1) is 10.0. The van der Waals surface area contributed by atoms with E-state index in [4.69, 9.17) is 0 Å². The molecular formula is C16H26N2O2S. The fourth-order valence-electron chi connectivity index (χ4n) is 2.50. The van der Waals surface area contributed by atoms with Crippen LogP contribution in [0.25, 0.3) is 0 Å². The first-order valence-electron chi connectivity index (χ1n) is 7.82.